The maximum atomic E-state index is 6.41. The number of anilines is 2. The molecule has 194 valence electrons. The van der Waals surface area contributed by atoms with Crippen LogP contribution >= 0.6 is 0 Å². The van der Waals surface area contributed by atoms with Gasteiger partial charge in [-0.1, -0.05) is 36.4 Å². The summed E-state index contributed by atoms with van der Waals surface area (Å²) in [5.74, 6) is 3.59. The van der Waals surface area contributed by atoms with Gasteiger partial charge in [0.15, 0.2) is 0 Å². The summed E-state index contributed by atoms with van der Waals surface area (Å²) in [5.41, 5.74) is 9.27. The molecule has 0 fully saturated rings. The second-order valence-electron chi connectivity index (χ2n) is 11.1. The predicted molar refractivity (Wildman–Crippen MR) is 167 cm³/mol. The van der Waals surface area contributed by atoms with Crippen LogP contribution in [0.5, 0.6) is 23.0 Å². The van der Waals surface area contributed by atoms with Crippen molar-refractivity contribution in [3.8, 4) is 56.4 Å². The lowest BCUT2D eigenvalue weighted by Crippen LogP contribution is -2.09. The van der Waals surface area contributed by atoms with Gasteiger partial charge in [0, 0.05) is 61.5 Å². The van der Waals surface area contributed by atoms with Crippen LogP contribution in [0.15, 0.2) is 97.1 Å². The van der Waals surface area contributed by atoms with E-state index >= 15 is 0 Å². The van der Waals surface area contributed by atoms with Crippen LogP contribution in [0.1, 0.15) is 0 Å². The number of nitrogens with zero attached hydrogens (tertiary/aromatic N) is 2. The molecule has 0 bridgehead atoms. The molecule has 0 aromatic heterocycles. The van der Waals surface area contributed by atoms with Gasteiger partial charge in [0.05, 0.1) is 0 Å². The molecule has 2 aliphatic rings. The predicted octanol–water partition coefficient (Wildman–Crippen LogP) is 9.34. The Morgan fingerprint density at radius 3 is 1.30 bits per heavy atom. The molecule has 40 heavy (non-hydrogen) atoms. The van der Waals surface area contributed by atoms with Crippen LogP contribution in [0, 0.1) is 0 Å². The molecule has 0 unspecified atom stereocenters. The van der Waals surface area contributed by atoms with Gasteiger partial charge < -0.3 is 19.3 Å². The van der Waals surface area contributed by atoms with E-state index in [4.69, 9.17) is 9.47 Å². The zero-order valence-corrected chi connectivity index (χ0v) is 22.9. The summed E-state index contributed by atoms with van der Waals surface area (Å²) >= 11 is 0. The molecule has 0 saturated carbocycles. The number of ether oxygens (including phenoxy) is 2. The van der Waals surface area contributed by atoms with E-state index in [0.29, 0.717) is 0 Å². The molecule has 0 spiro atoms. The van der Waals surface area contributed by atoms with Crippen molar-refractivity contribution in [3.05, 3.63) is 97.1 Å². The van der Waals surface area contributed by atoms with E-state index in [2.05, 4.69) is 135 Å². The quantitative estimate of drug-likeness (QED) is 0.232. The van der Waals surface area contributed by atoms with Gasteiger partial charge in [-0.05, 0) is 93.7 Å². The molecule has 0 saturated heterocycles. The van der Waals surface area contributed by atoms with Crippen molar-refractivity contribution in [2.45, 2.75) is 0 Å². The lowest BCUT2D eigenvalue weighted by Gasteiger charge is -2.25. The minimum absolute atomic E-state index is 0.885. The Morgan fingerprint density at radius 1 is 0.425 bits per heavy atom. The number of benzene rings is 6. The monoisotopic (exact) mass is 520 g/mol. The molecular formula is C36H28N2O2. The zero-order valence-electron chi connectivity index (χ0n) is 22.9. The fourth-order valence-corrected chi connectivity index (χ4v) is 6.12. The van der Waals surface area contributed by atoms with Crippen LogP contribution in [-0.2, 0) is 0 Å². The summed E-state index contributed by atoms with van der Waals surface area (Å²) in [6.07, 6.45) is 0. The summed E-state index contributed by atoms with van der Waals surface area (Å²) in [7, 11) is 8.35. The summed E-state index contributed by atoms with van der Waals surface area (Å²) in [6, 6.07) is 34.6. The van der Waals surface area contributed by atoms with Crippen LogP contribution in [0.25, 0.3) is 54.9 Å². The molecular weight excluding hydrogens is 492 g/mol. The molecule has 0 radical (unpaired) electrons. The van der Waals surface area contributed by atoms with Crippen molar-refractivity contribution in [2.24, 2.45) is 0 Å². The number of rotatable bonds is 3. The summed E-state index contributed by atoms with van der Waals surface area (Å²) < 4.78 is 12.8. The maximum absolute atomic E-state index is 6.41. The standard InChI is InChI=1S/C36H28N2O2/c1-37(2)25-15-23-7-5-9-33-35(23)29(19-25)27-17-21(11-13-31(27)39-33)22-12-14-32-28(18-22)30-20-26(38(3)4)16-24-8-6-10-34(40-32)36(24)30/h5-20H,1-4H3. The van der Waals surface area contributed by atoms with Gasteiger partial charge in [-0.2, -0.15) is 0 Å². The minimum atomic E-state index is 0.885. The van der Waals surface area contributed by atoms with Crippen LogP contribution in [0.2, 0.25) is 0 Å². The van der Waals surface area contributed by atoms with E-state index < -0.39 is 0 Å². The molecule has 0 amide bonds. The molecule has 2 aliphatic heterocycles. The average molecular weight is 521 g/mol. The lowest BCUT2D eigenvalue weighted by atomic mass is 9.89. The van der Waals surface area contributed by atoms with E-state index in [1.54, 1.807) is 0 Å². The van der Waals surface area contributed by atoms with Gasteiger partial charge in [0.1, 0.15) is 23.0 Å². The van der Waals surface area contributed by atoms with Crippen molar-refractivity contribution in [1.29, 1.82) is 0 Å². The Hall–Kier alpha value is -4.96. The first-order valence-corrected chi connectivity index (χ1v) is 13.6. The second-order valence-corrected chi connectivity index (χ2v) is 11.1. The third-order valence-electron chi connectivity index (χ3n) is 8.19. The highest BCUT2D eigenvalue weighted by Gasteiger charge is 2.24. The zero-order chi connectivity index (χ0) is 27.1. The Morgan fingerprint density at radius 2 is 0.875 bits per heavy atom. The summed E-state index contributed by atoms with van der Waals surface area (Å²) in [6.45, 7) is 0. The highest BCUT2D eigenvalue weighted by molar-refractivity contribution is 6.08. The Labute approximate surface area is 233 Å². The van der Waals surface area contributed by atoms with Crippen molar-refractivity contribution in [3.63, 3.8) is 0 Å². The maximum Gasteiger partial charge on any atom is 0.135 e. The van der Waals surface area contributed by atoms with Gasteiger partial charge >= 0.3 is 0 Å². The largest absolute Gasteiger partial charge is 0.456 e. The molecule has 0 N–H and O–H groups in total. The van der Waals surface area contributed by atoms with Gasteiger partial charge in [-0.3, -0.25) is 0 Å². The molecule has 4 heteroatoms. The number of hydrogen-bond donors (Lipinski definition) is 0. The first kappa shape index (κ1) is 23.0. The number of hydrogen-bond acceptors (Lipinski definition) is 4. The fraction of sp³-hybridized carbons (Fsp3) is 0.111. The number of fused-ring (bicyclic) bond motifs is 4. The van der Waals surface area contributed by atoms with Gasteiger partial charge in [0.2, 0.25) is 0 Å². The summed E-state index contributed by atoms with van der Waals surface area (Å²) in [4.78, 5) is 4.32. The smallest absolute Gasteiger partial charge is 0.135 e. The minimum Gasteiger partial charge on any atom is -0.456 e. The van der Waals surface area contributed by atoms with Crippen molar-refractivity contribution in [1.82, 2.24) is 0 Å². The Balaban J connectivity index is 1.31. The van der Waals surface area contributed by atoms with Crippen LogP contribution in [-0.4, -0.2) is 28.2 Å². The van der Waals surface area contributed by atoms with E-state index in [0.717, 1.165) is 56.0 Å². The first-order chi connectivity index (χ1) is 19.4. The third kappa shape index (κ3) is 3.32. The Kier molecular flexibility index (Phi) is 4.75. The van der Waals surface area contributed by atoms with E-state index in [9.17, 15) is 0 Å². The van der Waals surface area contributed by atoms with Crippen molar-refractivity contribution >= 4 is 32.9 Å². The summed E-state index contributed by atoms with van der Waals surface area (Å²) in [5, 5.41) is 4.69. The van der Waals surface area contributed by atoms with Crippen LogP contribution in [0.3, 0.4) is 0 Å². The second kappa shape index (κ2) is 8.27. The van der Waals surface area contributed by atoms with Crippen molar-refractivity contribution in [2.75, 3.05) is 38.0 Å². The molecule has 0 aliphatic carbocycles. The third-order valence-corrected chi connectivity index (χ3v) is 8.19. The van der Waals surface area contributed by atoms with E-state index in [1.807, 2.05) is 0 Å². The van der Waals surface area contributed by atoms with E-state index in [1.165, 1.54) is 33.3 Å². The molecule has 6 aromatic carbocycles. The lowest BCUT2D eigenvalue weighted by molar-refractivity contribution is 0.486. The van der Waals surface area contributed by atoms with Gasteiger partial charge in [-0.25, -0.2) is 0 Å². The molecule has 2 heterocycles. The normalized spacial score (nSPS) is 12.4. The molecule has 4 nitrogen and oxygen atoms in total. The topological polar surface area (TPSA) is 24.9 Å². The highest BCUT2D eigenvalue weighted by atomic mass is 16.5. The SMILES string of the molecule is CN(C)c1cc2c3c(cccc3c1)Oc1ccc(-c3ccc4c(c3)-c3cc(N(C)C)cc5cccc(c35)O4)cc1-2. The van der Waals surface area contributed by atoms with Crippen molar-refractivity contribution < 1.29 is 9.47 Å². The Bertz CT molecular complexity index is 1880. The van der Waals surface area contributed by atoms with E-state index in [-0.39, 0.29) is 0 Å². The molecule has 8 rings (SSSR count). The van der Waals surface area contributed by atoms with Crippen LogP contribution in [0.4, 0.5) is 11.4 Å². The van der Waals surface area contributed by atoms with Gasteiger partial charge in [-0.15, -0.1) is 0 Å². The first-order valence-electron chi connectivity index (χ1n) is 13.6. The molecule has 0 atom stereocenters. The highest BCUT2D eigenvalue weighted by Crippen LogP contribution is 2.51. The fourth-order valence-electron chi connectivity index (χ4n) is 6.12. The van der Waals surface area contributed by atoms with Gasteiger partial charge in [0.25, 0.3) is 0 Å². The molecule has 6 aromatic rings. The van der Waals surface area contributed by atoms with Crippen LogP contribution < -0.4 is 19.3 Å². The average Bonchev–Trinajstić information content (AvgIpc) is 2.97.